The van der Waals surface area contributed by atoms with Crippen molar-refractivity contribution in [3.8, 4) is 0 Å². The largest absolute Gasteiger partial charge is 0.376 e. The lowest BCUT2D eigenvalue weighted by Crippen LogP contribution is -2.24. The van der Waals surface area contributed by atoms with Crippen LogP contribution in [0, 0.1) is 10.1 Å². The van der Waals surface area contributed by atoms with Crippen molar-refractivity contribution in [1.29, 1.82) is 0 Å². The number of rotatable bonds is 5. The molecule has 1 atom stereocenters. The fraction of sp³-hybridized carbons (Fsp3) is 0.385. The number of anilines is 1. The Labute approximate surface area is 115 Å². The molecule has 0 aliphatic carbocycles. The van der Waals surface area contributed by atoms with E-state index in [9.17, 15) is 14.9 Å². The van der Waals surface area contributed by atoms with E-state index < -0.39 is 16.2 Å². The predicted molar refractivity (Wildman–Crippen MR) is 76.1 cm³/mol. The van der Waals surface area contributed by atoms with Crippen LogP contribution >= 0.6 is 0 Å². The summed E-state index contributed by atoms with van der Waals surface area (Å²) in [5, 5.41) is 14.1. The van der Waals surface area contributed by atoms with Crippen LogP contribution in [0.25, 0.3) is 5.65 Å². The zero-order valence-electron chi connectivity index (χ0n) is 11.4. The maximum atomic E-state index is 12.2. The number of hydrogen-bond acceptors (Lipinski definition) is 5. The summed E-state index contributed by atoms with van der Waals surface area (Å²) < 4.78 is 1.17. The third kappa shape index (κ3) is 2.61. The molecule has 0 saturated heterocycles. The van der Waals surface area contributed by atoms with Gasteiger partial charge in [0.05, 0.1) is 4.92 Å². The highest BCUT2D eigenvalue weighted by Crippen LogP contribution is 2.19. The van der Waals surface area contributed by atoms with Crippen LogP contribution in [0.3, 0.4) is 0 Å². The number of nitrogens with one attached hydrogen (secondary N) is 1. The molecule has 0 saturated carbocycles. The predicted octanol–water partition coefficient (Wildman–Crippen LogP) is 2.20. The summed E-state index contributed by atoms with van der Waals surface area (Å²) in [6.07, 6.45) is 3.25. The number of hydrogen-bond donors (Lipinski definition) is 1. The van der Waals surface area contributed by atoms with Crippen LogP contribution in [0.1, 0.15) is 26.7 Å². The van der Waals surface area contributed by atoms with Crippen LogP contribution in [0.5, 0.6) is 0 Å². The molecule has 1 unspecified atom stereocenters. The van der Waals surface area contributed by atoms with Gasteiger partial charge in [0.25, 0.3) is 0 Å². The summed E-state index contributed by atoms with van der Waals surface area (Å²) >= 11 is 0. The number of nitrogens with zero attached hydrogens (tertiary/aromatic N) is 3. The number of fused-ring (bicyclic) bond motifs is 1. The summed E-state index contributed by atoms with van der Waals surface area (Å²) in [4.78, 5) is 26.8. The van der Waals surface area contributed by atoms with E-state index in [0.29, 0.717) is 5.65 Å². The van der Waals surface area contributed by atoms with Crippen LogP contribution in [-0.4, -0.2) is 20.3 Å². The van der Waals surface area contributed by atoms with Gasteiger partial charge in [-0.05, 0) is 25.5 Å². The third-order valence-corrected chi connectivity index (χ3v) is 3.00. The fourth-order valence-electron chi connectivity index (χ4n) is 2.08. The van der Waals surface area contributed by atoms with Crippen molar-refractivity contribution in [3.63, 3.8) is 0 Å². The average Bonchev–Trinajstić information content (AvgIpc) is 2.38. The second-order valence-corrected chi connectivity index (χ2v) is 4.63. The first-order chi connectivity index (χ1) is 9.54. The Bertz CT molecular complexity index is 696. The van der Waals surface area contributed by atoms with E-state index >= 15 is 0 Å². The summed E-state index contributed by atoms with van der Waals surface area (Å²) in [5.74, 6) is 0.0344. The molecular weight excluding hydrogens is 260 g/mol. The lowest BCUT2D eigenvalue weighted by atomic mass is 10.2. The van der Waals surface area contributed by atoms with Crippen molar-refractivity contribution in [2.75, 3.05) is 5.32 Å². The molecule has 0 radical (unpaired) electrons. The highest BCUT2D eigenvalue weighted by Gasteiger charge is 2.24. The molecule has 0 aliphatic heterocycles. The molecule has 0 amide bonds. The van der Waals surface area contributed by atoms with Gasteiger partial charge in [-0.2, -0.15) is 0 Å². The molecule has 0 aromatic carbocycles. The highest BCUT2D eigenvalue weighted by atomic mass is 16.6. The molecule has 0 fully saturated rings. The number of pyridine rings is 1. The zero-order chi connectivity index (χ0) is 14.7. The molecule has 7 heteroatoms. The van der Waals surface area contributed by atoms with Crippen molar-refractivity contribution in [1.82, 2.24) is 9.38 Å². The summed E-state index contributed by atoms with van der Waals surface area (Å²) in [6, 6.07) is 5.01. The Hall–Kier alpha value is -2.44. The topological polar surface area (TPSA) is 89.5 Å². The molecule has 2 heterocycles. The quantitative estimate of drug-likeness (QED) is 0.668. The molecule has 7 nitrogen and oxygen atoms in total. The molecule has 0 aliphatic rings. The van der Waals surface area contributed by atoms with Crippen LogP contribution < -0.4 is 10.9 Å². The molecular formula is C13H16N4O3. The van der Waals surface area contributed by atoms with Crippen molar-refractivity contribution in [2.24, 2.45) is 0 Å². The Morgan fingerprint density at radius 3 is 2.90 bits per heavy atom. The smallest absolute Gasteiger partial charge is 0.362 e. The second kappa shape index (κ2) is 5.68. The lowest BCUT2D eigenvalue weighted by Gasteiger charge is -2.13. The van der Waals surface area contributed by atoms with Crippen molar-refractivity contribution < 1.29 is 4.92 Å². The number of nitro groups is 1. The van der Waals surface area contributed by atoms with Gasteiger partial charge in [0.2, 0.25) is 5.82 Å². The first-order valence-corrected chi connectivity index (χ1v) is 6.47. The Morgan fingerprint density at radius 1 is 1.50 bits per heavy atom. The van der Waals surface area contributed by atoms with Gasteiger partial charge in [-0.3, -0.25) is 19.3 Å². The highest BCUT2D eigenvalue weighted by molar-refractivity contribution is 5.60. The summed E-state index contributed by atoms with van der Waals surface area (Å²) in [5.41, 5.74) is -0.808. The van der Waals surface area contributed by atoms with Gasteiger partial charge in [0.1, 0.15) is 5.65 Å². The average molecular weight is 276 g/mol. The van der Waals surface area contributed by atoms with Gasteiger partial charge < -0.3 is 5.32 Å². The van der Waals surface area contributed by atoms with E-state index in [1.54, 1.807) is 18.2 Å². The van der Waals surface area contributed by atoms with Crippen molar-refractivity contribution in [2.45, 2.75) is 32.7 Å². The summed E-state index contributed by atoms with van der Waals surface area (Å²) in [6.45, 7) is 3.93. The lowest BCUT2D eigenvalue weighted by molar-refractivity contribution is -0.385. The van der Waals surface area contributed by atoms with Gasteiger partial charge in [-0.15, -0.1) is 0 Å². The third-order valence-electron chi connectivity index (χ3n) is 3.00. The van der Waals surface area contributed by atoms with Gasteiger partial charge in [0, 0.05) is 12.2 Å². The SMILES string of the molecule is CCCC(C)Nc1nc2ccccn2c(=O)c1[N+](=O)[O-]. The molecule has 106 valence electrons. The van der Waals surface area contributed by atoms with Crippen LogP contribution in [0.2, 0.25) is 0 Å². The van der Waals surface area contributed by atoms with E-state index in [2.05, 4.69) is 10.3 Å². The van der Waals surface area contributed by atoms with Gasteiger partial charge >= 0.3 is 11.2 Å². The van der Waals surface area contributed by atoms with E-state index in [4.69, 9.17) is 0 Å². The maximum absolute atomic E-state index is 12.2. The molecule has 0 bridgehead atoms. The normalized spacial score (nSPS) is 12.3. The molecule has 20 heavy (non-hydrogen) atoms. The minimum absolute atomic E-state index is 0.0109. The fourth-order valence-corrected chi connectivity index (χ4v) is 2.08. The first kappa shape index (κ1) is 14.0. The zero-order valence-corrected chi connectivity index (χ0v) is 11.4. The monoisotopic (exact) mass is 276 g/mol. The van der Waals surface area contributed by atoms with E-state index in [1.807, 2.05) is 13.8 Å². The standard InChI is InChI=1S/C13H16N4O3/c1-3-6-9(2)14-12-11(17(19)20)13(18)16-8-5-4-7-10(16)15-12/h4-5,7-9,14H,3,6H2,1-2H3. The number of aromatic nitrogens is 2. The Balaban J connectivity index is 2.60. The van der Waals surface area contributed by atoms with Gasteiger partial charge in [0.15, 0.2) is 0 Å². The van der Waals surface area contributed by atoms with Crippen molar-refractivity contribution >= 4 is 17.2 Å². The second-order valence-electron chi connectivity index (χ2n) is 4.63. The minimum atomic E-state index is -0.685. The van der Waals surface area contributed by atoms with E-state index in [0.717, 1.165) is 12.8 Å². The van der Waals surface area contributed by atoms with Crippen LogP contribution in [0.4, 0.5) is 11.5 Å². The molecule has 2 aromatic rings. The summed E-state index contributed by atoms with van der Waals surface area (Å²) in [7, 11) is 0. The van der Waals surface area contributed by atoms with Gasteiger partial charge in [-0.1, -0.05) is 19.4 Å². The first-order valence-electron chi connectivity index (χ1n) is 6.47. The van der Waals surface area contributed by atoms with Crippen LogP contribution in [-0.2, 0) is 0 Å². The molecule has 2 aromatic heterocycles. The van der Waals surface area contributed by atoms with Gasteiger partial charge in [-0.25, -0.2) is 4.98 Å². The van der Waals surface area contributed by atoms with Crippen molar-refractivity contribution in [3.05, 3.63) is 44.9 Å². The molecule has 0 spiro atoms. The minimum Gasteiger partial charge on any atom is -0.362 e. The van der Waals surface area contributed by atoms with Crippen LogP contribution in [0.15, 0.2) is 29.2 Å². The van der Waals surface area contributed by atoms with E-state index in [1.165, 1.54) is 10.6 Å². The Morgan fingerprint density at radius 2 is 2.25 bits per heavy atom. The Kier molecular flexibility index (Phi) is 3.97. The molecule has 2 rings (SSSR count). The van der Waals surface area contributed by atoms with E-state index in [-0.39, 0.29) is 11.9 Å². The molecule has 1 N–H and O–H groups in total. The maximum Gasteiger partial charge on any atom is 0.376 e.